The van der Waals surface area contributed by atoms with Gasteiger partial charge in [-0.3, -0.25) is 0 Å². The molecule has 0 aliphatic carbocycles. The molecule has 3 N–H and O–H groups in total. The van der Waals surface area contributed by atoms with Crippen molar-refractivity contribution in [3.8, 4) is 5.82 Å². The monoisotopic (exact) mass is 255 g/mol. The van der Waals surface area contributed by atoms with Crippen LogP contribution in [0.5, 0.6) is 0 Å². The molecule has 0 saturated carbocycles. The first-order valence-corrected chi connectivity index (χ1v) is 5.45. The quantitative estimate of drug-likeness (QED) is 0.710. The van der Waals surface area contributed by atoms with Crippen LogP contribution >= 0.6 is 0 Å². The number of carboxylic acid groups (broad SMARTS) is 1. The number of nitrogen functional groups attached to an aromatic ring is 1. The van der Waals surface area contributed by atoms with Gasteiger partial charge in [0.25, 0.3) is 0 Å². The van der Waals surface area contributed by atoms with Crippen LogP contribution in [0.2, 0.25) is 0 Å². The molecule has 0 atom stereocenters. The number of nitrogens with zero attached hydrogens (tertiary/aromatic N) is 4. The second-order valence-electron chi connectivity index (χ2n) is 3.90. The van der Waals surface area contributed by atoms with Crippen molar-refractivity contribution in [2.45, 2.75) is 0 Å². The van der Waals surface area contributed by atoms with Gasteiger partial charge in [-0.15, -0.1) is 0 Å². The molecule has 0 unspecified atom stereocenters. The van der Waals surface area contributed by atoms with Crippen molar-refractivity contribution < 1.29 is 9.90 Å². The lowest BCUT2D eigenvalue weighted by molar-refractivity contribution is 0.0697. The summed E-state index contributed by atoms with van der Waals surface area (Å²) in [6, 6.07) is 4.73. The molecule has 94 valence electrons. The van der Waals surface area contributed by atoms with Crippen molar-refractivity contribution in [3.63, 3.8) is 0 Å². The van der Waals surface area contributed by atoms with E-state index in [1.165, 1.54) is 23.1 Å². The van der Waals surface area contributed by atoms with Crippen LogP contribution in [0.4, 0.5) is 5.82 Å². The van der Waals surface area contributed by atoms with Crippen LogP contribution in [-0.2, 0) is 0 Å². The fourth-order valence-electron chi connectivity index (χ4n) is 1.84. The highest BCUT2D eigenvalue weighted by atomic mass is 16.4. The molecule has 2 aromatic heterocycles. The minimum absolute atomic E-state index is 0.208. The number of benzene rings is 1. The summed E-state index contributed by atoms with van der Waals surface area (Å²) >= 11 is 0. The predicted molar refractivity (Wildman–Crippen MR) is 68.0 cm³/mol. The number of aromatic carboxylic acids is 1. The topological polar surface area (TPSA) is 107 Å². The zero-order valence-electron chi connectivity index (χ0n) is 9.69. The summed E-state index contributed by atoms with van der Waals surface area (Å²) in [6.45, 7) is 0. The van der Waals surface area contributed by atoms with Gasteiger partial charge in [0.05, 0.1) is 17.3 Å². The fourth-order valence-corrected chi connectivity index (χ4v) is 1.84. The summed E-state index contributed by atoms with van der Waals surface area (Å²) < 4.78 is 1.53. The molecule has 1 aromatic carbocycles. The van der Waals surface area contributed by atoms with E-state index >= 15 is 0 Å². The van der Waals surface area contributed by atoms with Gasteiger partial charge in [0.1, 0.15) is 0 Å². The largest absolute Gasteiger partial charge is 0.478 e. The molecule has 0 radical (unpaired) electrons. The predicted octanol–water partition coefficient (Wildman–Crippen LogP) is 1.10. The van der Waals surface area contributed by atoms with Gasteiger partial charge in [0.2, 0.25) is 0 Å². The van der Waals surface area contributed by atoms with Gasteiger partial charge in [-0.05, 0) is 18.2 Å². The normalized spacial score (nSPS) is 10.7. The Labute approximate surface area is 107 Å². The van der Waals surface area contributed by atoms with E-state index < -0.39 is 5.97 Å². The maximum absolute atomic E-state index is 10.9. The Kier molecular flexibility index (Phi) is 2.38. The number of carboxylic acids is 1. The maximum atomic E-state index is 10.9. The molecule has 0 aliphatic rings. The van der Waals surface area contributed by atoms with Gasteiger partial charge in [0.15, 0.2) is 11.6 Å². The lowest BCUT2D eigenvalue weighted by atomic mass is 10.1. The van der Waals surface area contributed by atoms with Crippen molar-refractivity contribution in [1.29, 1.82) is 0 Å². The van der Waals surface area contributed by atoms with Gasteiger partial charge >= 0.3 is 5.97 Å². The first kappa shape index (κ1) is 11.1. The van der Waals surface area contributed by atoms with E-state index in [1.807, 2.05) is 0 Å². The molecule has 0 bridgehead atoms. The molecular formula is C12H9N5O2. The molecule has 7 nitrogen and oxygen atoms in total. The van der Waals surface area contributed by atoms with E-state index in [-0.39, 0.29) is 11.4 Å². The second-order valence-corrected chi connectivity index (χ2v) is 3.90. The first-order valence-electron chi connectivity index (χ1n) is 5.45. The summed E-state index contributed by atoms with van der Waals surface area (Å²) in [5.41, 5.74) is 6.68. The van der Waals surface area contributed by atoms with E-state index in [4.69, 9.17) is 10.8 Å². The Morgan fingerprint density at radius 2 is 2.05 bits per heavy atom. The van der Waals surface area contributed by atoms with E-state index in [9.17, 15) is 4.79 Å². The molecule has 2 heterocycles. The van der Waals surface area contributed by atoms with Gasteiger partial charge in [0, 0.05) is 17.8 Å². The highest BCUT2D eigenvalue weighted by Crippen LogP contribution is 2.20. The molecule has 0 spiro atoms. The van der Waals surface area contributed by atoms with E-state index in [2.05, 4.69) is 15.1 Å². The molecular weight excluding hydrogens is 246 g/mol. The summed E-state index contributed by atoms with van der Waals surface area (Å²) in [4.78, 5) is 19.0. The lowest BCUT2D eigenvalue weighted by Crippen LogP contribution is -2.05. The molecule has 0 aliphatic heterocycles. The van der Waals surface area contributed by atoms with E-state index in [0.717, 1.165) is 5.52 Å². The number of fused-ring (bicyclic) bond motifs is 1. The zero-order valence-corrected chi connectivity index (χ0v) is 9.69. The number of rotatable bonds is 2. The minimum atomic E-state index is -0.978. The molecule has 0 amide bonds. The summed E-state index contributed by atoms with van der Waals surface area (Å²) in [5.74, 6) is -0.302. The van der Waals surface area contributed by atoms with Gasteiger partial charge in [-0.25, -0.2) is 19.4 Å². The van der Waals surface area contributed by atoms with Gasteiger partial charge in [-0.1, -0.05) is 0 Å². The number of anilines is 1. The highest BCUT2D eigenvalue weighted by molar-refractivity contribution is 5.93. The Balaban J connectivity index is 2.22. The highest BCUT2D eigenvalue weighted by Gasteiger charge is 2.11. The van der Waals surface area contributed by atoms with Crippen molar-refractivity contribution >= 4 is 22.7 Å². The first-order chi connectivity index (χ1) is 9.16. The Bertz CT molecular complexity index is 781. The summed E-state index contributed by atoms with van der Waals surface area (Å²) in [7, 11) is 0. The minimum Gasteiger partial charge on any atom is -0.478 e. The van der Waals surface area contributed by atoms with Crippen molar-refractivity contribution in [2.75, 3.05) is 5.73 Å². The van der Waals surface area contributed by atoms with Crippen LogP contribution in [0.15, 0.2) is 36.8 Å². The number of carbonyl (C=O) groups is 1. The number of hydrogen-bond acceptors (Lipinski definition) is 5. The van der Waals surface area contributed by atoms with Gasteiger partial charge < -0.3 is 10.8 Å². The Morgan fingerprint density at radius 3 is 2.79 bits per heavy atom. The lowest BCUT2D eigenvalue weighted by Gasteiger charge is -2.04. The van der Waals surface area contributed by atoms with Crippen LogP contribution in [0.1, 0.15) is 10.4 Å². The smallest absolute Gasteiger partial charge is 0.335 e. The average molecular weight is 255 g/mol. The van der Waals surface area contributed by atoms with Gasteiger partial charge in [-0.2, -0.15) is 5.10 Å². The standard InChI is InChI=1S/C12H9N5O2/c13-10-11(15-4-3-14-10)17-9-2-1-7(12(18)19)5-8(9)6-16-17/h1-6H,(H2,13,14)(H,18,19). The zero-order chi connectivity index (χ0) is 13.4. The van der Waals surface area contributed by atoms with Crippen molar-refractivity contribution in [1.82, 2.24) is 19.7 Å². The summed E-state index contributed by atoms with van der Waals surface area (Å²) in [6.07, 6.45) is 4.58. The third-order valence-corrected chi connectivity index (χ3v) is 2.72. The van der Waals surface area contributed by atoms with E-state index in [0.29, 0.717) is 11.2 Å². The summed E-state index contributed by atoms with van der Waals surface area (Å²) in [5, 5.41) is 13.8. The number of aromatic nitrogens is 4. The van der Waals surface area contributed by atoms with Crippen molar-refractivity contribution in [2.24, 2.45) is 0 Å². The second kappa shape index (κ2) is 4.05. The third-order valence-electron chi connectivity index (χ3n) is 2.72. The molecule has 0 fully saturated rings. The molecule has 19 heavy (non-hydrogen) atoms. The Morgan fingerprint density at radius 1 is 1.26 bits per heavy atom. The average Bonchev–Trinajstić information content (AvgIpc) is 2.82. The molecule has 3 aromatic rings. The number of nitrogens with two attached hydrogens (primary N) is 1. The molecule has 7 heteroatoms. The van der Waals surface area contributed by atoms with Crippen LogP contribution in [0.3, 0.4) is 0 Å². The SMILES string of the molecule is Nc1nccnc1-n1ncc2cc(C(=O)O)ccc21. The fraction of sp³-hybridized carbons (Fsp3) is 0. The number of hydrogen-bond donors (Lipinski definition) is 2. The van der Waals surface area contributed by atoms with Crippen LogP contribution < -0.4 is 5.73 Å². The molecule has 3 rings (SSSR count). The van der Waals surface area contributed by atoms with E-state index in [1.54, 1.807) is 18.3 Å². The van der Waals surface area contributed by atoms with Crippen LogP contribution in [0, 0.1) is 0 Å². The van der Waals surface area contributed by atoms with Crippen molar-refractivity contribution in [3.05, 3.63) is 42.4 Å². The van der Waals surface area contributed by atoms with Crippen LogP contribution in [-0.4, -0.2) is 30.8 Å². The molecule has 0 saturated heterocycles. The maximum Gasteiger partial charge on any atom is 0.335 e. The van der Waals surface area contributed by atoms with Crippen LogP contribution in [0.25, 0.3) is 16.7 Å². The third kappa shape index (κ3) is 1.77. The Hall–Kier alpha value is -2.96.